The summed E-state index contributed by atoms with van der Waals surface area (Å²) in [5.74, 6) is 0. The van der Waals surface area contributed by atoms with Crippen molar-refractivity contribution >= 4 is 0 Å². The van der Waals surface area contributed by atoms with Crippen LogP contribution in [-0.2, 0) is 18.6 Å². The van der Waals surface area contributed by atoms with Crippen LogP contribution in [0.2, 0.25) is 0 Å². The number of hydrogen-bond acceptors (Lipinski definition) is 0. The molecule has 1 aliphatic carbocycles. The Hall–Kier alpha value is 0.584. The van der Waals surface area contributed by atoms with E-state index >= 15 is 0 Å². The van der Waals surface area contributed by atoms with Crippen LogP contribution in [0.5, 0.6) is 0 Å². The van der Waals surface area contributed by atoms with Crippen LogP contribution in [0.4, 0.5) is 0 Å². The smallest absolute Gasteiger partial charge is 0.357 e. The predicted octanol–water partition coefficient (Wildman–Crippen LogP) is 1.97. The van der Waals surface area contributed by atoms with Gasteiger partial charge in [0.05, 0.1) is 0 Å². The topological polar surface area (TPSA) is 0 Å². The van der Waals surface area contributed by atoms with E-state index in [4.69, 9.17) is 0 Å². The van der Waals surface area contributed by atoms with Gasteiger partial charge in [-0.3, -0.25) is 0 Å². The SMILES string of the molecule is [CH-]1C[CH-]CCC1.[V+2]. The summed E-state index contributed by atoms with van der Waals surface area (Å²) < 4.78 is 0. The average molecular weight is 133 g/mol. The average Bonchev–Trinajstić information content (AvgIpc) is 1.72. The monoisotopic (exact) mass is 133 g/mol. The molecule has 0 unspecified atom stereocenters. The van der Waals surface area contributed by atoms with Crippen LogP contribution < -0.4 is 0 Å². The molecule has 7 heavy (non-hydrogen) atoms. The van der Waals surface area contributed by atoms with Crippen LogP contribution in [0.1, 0.15) is 25.7 Å². The zero-order valence-electron chi connectivity index (χ0n) is 4.43. The maximum absolute atomic E-state index is 2.34. The quantitative estimate of drug-likeness (QED) is 0.443. The molecular weight excluding hydrogens is 123 g/mol. The van der Waals surface area contributed by atoms with Gasteiger partial charge in [0, 0.05) is 0 Å². The second kappa shape index (κ2) is 4.74. The van der Waals surface area contributed by atoms with E-state index in [-0.39, 0.29) is 18.6 Å². The molecule has 0 aromatic carbocycles. The van der Waals surface area contributed by atoms with Gasteiger partial charge in [0.25, 0.3) is 0 Å². The number of rotatable bonds is 0. The maximum Gasteiger partial charge on any atom is 2.00 e. The van der Waals surface area contributed by atoms with Gasteiger partial charge in [-0.1, -0.05) is 0 Å². The molecule has 0 saturated heterocycles. The molecule has 1 saturated carbocycles. The van der Waals surface area contributed by atoms with E-state index < -0.39 is 0 Å². The Kier molecular flexibility index (Phi) is 5.13. The largest absolute Gasteiger partial charge is 2.00 e. The Bertz CT molecular complexity index is 19.7. The molecule has 1 heteroatoms. The van der Waals surface area contributed by atoms with Crippen molar-refractivity contribution in [3.05, 3.63) is 12.8 Å². The zero-order chi connectivity index (χ0) is 4.24. The van der Waals surface area contributed by atoms with Crippen LogP contribution in [0.25, 0.3) is 0 Å². The van der Waals surface area contributed by atoms with Crippen molar-refractivity contribution in [2.24, 2.45) is 0 Å². The summed E-state index contributed by atoms with van der Waals surface area (Å²) in [6.45, 7) is 0. The molecule has 0 aromatic heterocycles. The molecule has 1 fully saturated rings. The Balaban J connectivity index is 0.000000360. The summed E-state index contributed by atoms with van der Waals surface area (Å²) >= 11 is 0. The maximum atomic E-state index is 2.34. The summed E-state index contributed by atoms with van der Waals surface area (Å²) in [5.41, 5.74) is 0. The minimum absolute atomic E-state index is 0. The third kappa shape index (κ3) is 3.19. The molecule has 0 amide bonds. The molecular formula is C6H10V. The first-order valence-corrected chi connectivity index (χ1v) is 2.63. The zero-order valence-corrected chi connectivity index (χ0v) is 5.83. The standard InChI is InChI=1S/C6H10.V/c1-2-4-6-5-3-1;/h1,4H,2-3,5-6H2;/q-2;+2. The summed E-state index contributed by atoms with van der Waals surface area (Å²) in [6.07, 6.45) is 10.0. The summed E-state index contributed by atoms with van der Waals surface area (Å²) in [4.78, 5) is 0. The summed E-state index contributed by atoms with van der Waals surface area (Å²) in [7, 11) is 0. The molecule has 39 valence electrons. The van der Waals surface area contributed by atoms with Crippen molar-refractivity contribution in [3.8, 4) is 0 Å². The van der Waals surface area contributed by atoms with Gasteiger partial charge in [-0.25, -0.2) is 0 Å². The van der Waals surface area contributed by atoms with Crippen LogP contribution in [0.3, 0.4) is 0 Å². The fourth-order valence-corrected chi connectivity index (χ4v) is 0.760. The minimum Gasteiger partial charge on any atom is -0.357 e. The predicted molar refractivity (Wildman–Crippen MR) is 27.1 cm³/mol. The van der Waals surface area contributed by atoms with E-state index in [9.17, 15) is 0 Å². The van der Waals surface area contributed by atoms with Crippen molar-refractivity contribution < 1.29 is 18.6 Å². The summed E-state index contributed by atoms with van der Waals surface area (Å²) in [5, 5.41) is 0. The molecule has 0 aromatic rings. The first-order chi connectivity index (χ1) is 3.00. The van der Waals surface area contributed by atoms with E-state index in [1.54, 1.807) is 0 Å². The molecule has 0 N–H and O–H groups in total. The van der Waals surface area contributed by atoms with E-state index in [1.165, 1.54) is 25.7 Å². The Morgan fingerprint density at radius 3 is 1.71 bits per heavy atom. The van der Waals surface area contributed by atoms with Gasteiger partial charge in [0.15, 0.2) is 0 Å². The molecule has 0 atom stereocenters. The van der Waals surface area contributed by atoms with Gasteiger partial charge in [0.2, 0.25) is 0 Å². The van der Waals surface area contributed by atoms with Crippen LogP contribution in [-0.4, -0.2) is 0 Å². The van der Waals surface area contributed by atoms with Crippen LogP contribution in [0, 0.1) is 12.8 Å². The van der Waals surface area contributed by atoms with Gasteiger partial charge in [-0.05, 0) is 0 Å². The molecule has 0 heterocycles. The molecule has 1 aliphatic rings. The third-order valence-electron chi connectivity index (χ3n) is 1.15. The van der Waals surface area contributed by atoms with E-state index in [0.717, 1.165) is 0 Å². The molecule has 0 bridgehead atoms. The molecule has 1 radical (unpaired) electrons. The Labute approximate surface area is 57.6 Å². The van der Waals surface area contributed by atoms with Crippen LogP contribution >= 0.6 is 0 Å². The van der Waals surface area contributed by atoms with Gasteiger partial charge >= 0.3 is 18.6 Å². The molecule has 0 spiro atoms. The Morgan fingerprint density at radius 1 is 1.00 bits per heavy atom. The fraction of sp³-hybridized carbons (Fsp3) is 0.667. The first-order valence-electron chi connectivity index (χ1n) is 2.63. The van der Waals surface area contributed by atoms with Crippen molar-refractivity contribution in [1.82, 2.24) is 0 Å². The van der Waals surface area contributed by atoms with E-state index in [2.05, 4.69) is 12.8 Å². The van der Waals surface area contributed by atoms with Gasteiger partial charge in [0.1, 0.15) is 0 Å². The van der Waals surface area contributed by atoms with Gasteiger partial charge < -0.3 is 19.3 Å². The third-order valence-corrected chi connectivity index (χ3v) is 1.15. The van der Waals surface area contributed by atoms with Crippen molar-refractivity contribution in [2.45, 2.75) is 25.7 Å². The minimum atomic E-state index is 0. The first kappa shape index (κ1) is 7.58. The molecule has 0 aliphatic heterocycles. The molecule has 0 nitrogen and oxygen atoms in total. The fourth-order valence-electron chi connectivity index (χ4n) is 0.760. The van der Waals surface area contributed by atoms with Gasteiger partial charge in [-0.15, -0.1) is 6.42 Å². The second-order valence-electron chi connectivity index (χ2n) is 1.74. The van der Waals surface area contributed by atoms with E-state index in [0.29, 0.717) is 0 Å². The van der Waals surface area contributed by atoms with Crippen molar-refractivity contribution in [3.63, 3.8) is 0 Å². The second-order valence-corrected chi connectivity index (χ2v) is 1.74. The Morgan fingerprint density at radius 2 is 1.57 bits per heavy atom. The van der Waals surface area contributed by atoms with Gasteiger partial charge in [-0.2, -0.15) is 12.8 Å². The van der Waals surface area contributed by atoms with Crippen molar-refractivity contribution in [2.75, 3.05) is 0 Å². The van der Waals surface area contributed by atoms with E-state index in [1.807, 2.05) is 0 Å². The van der Waals surface area contributed by atoms with Crippen LogP contribution in [0.15, 0.2) is 0 Å². The van der Waals surface area contributed by atoms with Crippen molar-refractivity contribution in [1.29, 1.82) is 0 Å². The molecule has 1 rings (SSSR count). The normalized spacial score (nSPS) is 20.6. The number of hydrogen-bond donors (Lipinski definition) is 0. The summed E-state index contributed by atoms with van der Waals surface area (Å²) in [6, 6.07) is 0.